The minimum absolute atomic E-state index is 0.162. The molecule has 4 aromatic rings. The highest BCUT2D eigenvalue weighted by molar-refractivity contribution is 6.73. The van der Waals surface area contributed by atoms with E-state index in [2.05, 4.69) is 144 Å². The fraction of sp³-hybridized carbons (Fsp3) is 0.270. The third kappa shape index (κ3) is 4.09. The Morgan fingerprint density at radius 1 is 0.632 bits per heavy atom. The van der Waals surface area contributed by atoms with Gasteiger partial charge in [-0.05, 0) is 61.4 Å². The normalized spacial score (nSPS) is 20.2. The Labute approximate surface area is 230 Å². The molecular weight excluding hydrogens is 472 g/mol. The summed E-state index contributed by atoms with van der Waals surface area (Å²) in [4.78, 5) is 0. The molecule has 0 N–H and O–H groups in total. The average Bonchev–Trinajstić information content (AvgIpc) is 3.43. The molecule has 1 heteroatoms. The van der Waals surface area contributed by atoms with Crippen molar-refractivity contribution in [2.75, 3.05) is 0 Å². The van der Waals surface area contributed by atoms with E-state index in [1.54, 1.807) is 16.3 Å². The average molecular weight is 511 g/mol. The zero-order chi connectivity index (χ0) is 26.6. The standard InChI is InChI=1S/C37H38Si/c1-24-34(33-23-32(25-13-8-7-9-14-25)29-15-10-11-16-30(29)33)31-18-12-17-28(35(31)36(24)38(5)6)26-19-21-27(22-20-26)37(2,3)4/h7-24,33-34H,1-6H3. The summed E-state index contributed by atoms with van der Waals surface area (Å²) >= 11 is 0. The van der Waals surface area contributed by atoms with Gasteiger partial charge in [-0.25, -0.2) is 0 Å². The maximum atomic E-state index is 2.58. The van der Waals surface area contributed by atoms with Crippen LogP contribution in [0.3, 0.4) is 0 Å². The van der Waals surface area contributed by atoms with Crippen molar-refractivity contribution in [3.63, 3.8) is 0 Å². The molecule has 4 aromatic carbocycles. The molecule has 0 heterocycles. The van der Waals surface area contributed by atoms with Gasteiger partial charge < -0.3 is 0 Å². The number of hydrogen-bond acceptors (Lipinski definition) is 0. The van der Waals surface area contributed by atoms with Crippen molar-refractivity contribution >= 4 is 19.2 Å². The number of benzene rings is 4. The van der Waals surface area contributed by atoms with Gasteiger partial charge in [0.2, 0.25) is 0 Å². The molecule has 0 radical (unpaired) electrons. The zero-order valence-electron chi connectivity index (χ0n) is 23.5. The van der Waals surface area contributed by atoms with Gasteiger partial charge in [-0.1, -0.05) is 149 Å². The van der Waals surface area contributed by atoms with Crippen LogP contribution in [-0.4, -0.2) is 13.6 Å². The lowest BCUT2D eigenvalue weighted by Gasteiger charge is -2.25. The van der Waals surface area contributed by atoms with Crippen LogP contribution in [0.5, 0.6) is 0 Å². The second-order valence-corrected chi connectivity index (χ2v) is 14.9. The Hall–Kier alpha value is -3.29. The molecule has 0 nitrogen and oxygen atoms in total. The van der Waals surface area contributed by atoms with Crippen LogP contribution < -0.4 is 0 Å². The maximum Gasteiger partial charge on any atom is 0.0108 e. The molecule has 190 valence electrons. The number of allylic oxidation sites excluding steroid dienone is 1. The summed E-state index contributed by atoms with van der Waals surface area (Å²) in [5, 5.41) is 1.71. The highest BCUT2D eigenvalue weighted by Crippen LogP contribution is 2.54. The van der Waals surface area contributed by atoms with Crippen molar-refractivity contribution < 1.29 is 0 Å². The van der Waals surface area contributed by atoms with Gasteiger partial charge in [0.05, 0.1) is 0 Å². The van der Waals surface area contributed by atoms with Crippen molar-refractivity contribution in [1.29, 1.82) is 0 Å². The van der Waals surface area contributed by atoms with Gasteiger partial charge in [0, 0.05) is 20.2 Å². The van der Waals surface area contributed by atoms with Crippen molar-refractivity contribution in [1.82, 2.24) is 0 Å². The summed E-state index contributed by atoms with van der Waals surface area (Å²) in [6.07, 6.45) is 2.58. The Kier molecular flexibility index (Phi) is 6.23. The summed E-state index contributed by atoms with van der Waals surface area (Å²) in [7, 11) is -0.640. The van der Waals surface area contributed by atoms with Crippen LogP contribution in [0.1, 0.15) is 72.9 Å². The minimum atomic E-state index is -0.640. The van der Waals surface area contributed by atoms with Gasteiger partial charge in [-0.2, -0.15) is 0 Å². The topological polar surface area (TPSA) is 0 Å². The first-order chi connectivity index (χ1) is 18.3. The van der Waals surface area contributed by atoms with Crippen LogP contribution in [0.2, 0.25) is 13.1 Å². The molecule has 0 aliphatic heterocycles. The maximum absolute atomic E-state index is 2.58. The first-order valence-electron chi connectivity index (χ1n) is 14.0. The molecule has 2 aliphatic carbocycles. The highest BCUT2D eigenvalue weighted by atomic mass is 28.2. The molecule has 2 aliphatic rings. The van der Waals surface area contributed by atoms with Crippen molar-refractivity contribution in [2.24, 2.45) is 5.92 Å². The molecule has 0 saturated carbocycles. The van der Waals surface area contributed by atoms with Crippen LogP contribution in [0.4, 0.5) is 0 Å². The molecule has 0 fully saturated rings. The highest BCUT2D eigenvalue weighted by Gasteiger charge is 2.42. The Morgan fingerprint density at radius 3 is 1.95 bits per heavy atom. The van der Waals surface area contributed by atoms with Gasteiger partial charge in [-0.15, -0.1) is 0 Å². The summed E-state index contributed by atoms with van der Waals surface area (Å²) in [6, 6.07) is 36.5. The molecule has 0 spiro atoms. The zero-order valence-corrected chi connectivity index (χ0v) is 24.5. The van der Waals surface area contributed by atoms with E-state index in [0.717, 1.165) is 0 Å². The van der Waals surface area contributed by atoms with Crippen molar-refractivity contribution in [3.8, 4) is 11.1 Å². The van der Waals surface area contributed by atoms with E-state index in [0.29, 0.717) is 17.8 Å². The molecular formula is C37H38Si. The van der Waals surface area contributed by atoms with E-state index in [1.165, 1.54) is 39.0 Å². The summed E-state index contributed by atoms with van der Waals surface area (Å²) in [6.45, 7) is 14.3. The van der Waals surface area contributed by atoms with E-state index >= 15 is 0 Å². The molecule has 0 amide bonds. The number of rotatable bonds is 3. The van der Waals surface area contributed by atoms with E-state index in [4.69, 9.17) is 0 Å². The summed E-state index contributed by atoms with van der Waals surface area (Å²) < 4.78 is 0. The fourth-order valence-corrected chi connectivity index (χ4v) is 8.85. The quantitative estimate of drug-likeness (QED) is 0.241. The van der Waals surface area contributed by atoms with Crippen LogP contribution in [0.25, 0.3) is 16.7 Å². The number of fused-ring (bicyclic) bond motifs is 2. The third-order valence-corrected chi connectivity index (χ3v) is 10.5. The van der Waals surface area contributed by atoms with Crippen LogP contribution in [0.15, 0.2) is 103 Å². The lowest BCUT2D eigenvalue weighted by molar-refractivity contribution is 0.551. The fourth-order valence-electron chi connectivity index (χ4n) is 6.98. The van der Waals surface area contributed by atoms with E-state index in [9.17, 15) is 0 Å². The van der Waals surface area contributed by atoms with Gasteiger partial charge in [0.25, 0.3) is 0 Å². The van der Waals surface area contributed by atoms with Gasteiger partial charge >= 0.3 is 0 Å². The smallest absolute Gasteiger partial charge is 0.0108 e. The first-order valence-corrected chi connectivity index (χ1v) is 16.5. The Bertz CT molecular complexity index is 1560. The van der Waals surface area contributed by atoms with Crippen LogP contribution >= 0.6 is 0 Å². The van der Waals surface area contributed by atoms with Gasteiger partial charge in [-0.3, -0.25) is 0 Å². The second kappa shape index (κ2) is 9.47. The molecule has 6 rings (SSSR count). The van der Waals surface area contributed by atoms with Gasteiger partial charge in [0.1, 0.15) is 0 Å². The largest absolute Gasteiger partial charge is 0.0679 e. The molecule has 0 bridgehead atoms. The molecule has 0 saturated heterocycles. The summed E-state index contributed by atoms with van der Waals surface area (Å²) in [5.41, 5.74) is 13.0. The Balaban J connectivity index is 1.52. The lowest BCUT2D eigenvalue weighted by Crippen LogP contribution is -2.20. The van der Waals surface area contributed by atoms with Crippen molar-refractivity contribution in [3.05, 3.63) is 137 Å². The predicted molar refractivity (Wildman–Crippen MR) is 167 cm³/mol. The van der Waals surface area contributed by atoms with E-state index in [-0.39, 0.29) is 5.41 Å². The SMILES string of the molecule is CC1C(=[Si](C)C)c2c(-c3ccc(C(C)(C)C)cc3)cccc2C1C1C=C(c2ccccc2)c2ccccc21. The van der Waals surface area contributed by atoms with E-state index in [1.807, 2.05) is 0 Å². The molecule has 3 atom stereocenters. The van der Waals surface area contributed by atoms with Gasteiger partial charge in [0.15, 0.2) is 0 Å². The van der Waals surface area contributed by atoms with E-state index < -0.39 is 8.41 Å². The predicted octanol–water partition coefficient (Wildman–Crippen LogP) is 9.47. The van der Waals surface area contributed by atoms with Crippen LogP contribution in [0, 0.1) is 5.92 Å². The lowest BCUT2D eigenvalue weighted by atomic mass is 9.79. The van der Waals surface area contributed by atoms with Crippen LogP contribution in [-0.2, 0) is 5.41 Å². The Morgan fingerprint density at radius 2 is 1.26 bits per heavy atom. The minimum Gasteiger partial charge on any atom is -0.0679 e. The third-order valence-electron chi connectivity index (χ3n) is 8.75. The molecule has 0 aromatic heterocycles. The summed E-state index contributed by atoms with van der Waals surface area (Å²) in [5.74, 6) is 1.36. The first kappa shape index (κ1) is 25.0. The molecule has 3 unspecified atom stereocenters. The molecule has 38 heavy (non-hydrogen) atoms. The van der Waals surface area contributed by atoms with Crippen molar-refractivity contribution in [2.45, 2.75) is 58.0 Å². The number of hydrogen-bond donors (Lipinski definition) is 0. The second-order valence-electron chi connectivity index (χ2n) is 12.4. The monoisotopic (exact) mass is 510 g/mol.